The molecule has 0 amide bonds. The average molecular weight is 391 g/mol. The van der Waals surface area contributed by atoms with Crippen molar-refractivity contribution in [2.45, 2.75) is 36.6 Å². The van der Waals surface area contributed by atoms with Gasteiger partial charge in [0.15, 0.2) is 0 Å². The van der Waals surface area contributed by atoms with Gasteiger partial charge in [0, 0.05) is 6.54 Å². The van der Waals surface area contributed by atoms with E-state index in [2.05, 4.69) is 8.75 Å². The first-order chi connectivity index (χ1) is 12.6. The van der Waals surface area contributed by atoms with Crippen molar-refractivity contribution >= 4 is 32.8 Å². The monoisotopic (exact) mass is 391 g/mol. The number of sulfonamides is 1. The van der Waals surface area contributed by atoms with E-state index in [9.17, 15) is 12.8 Å². The summed E-state index contributed by atoms with van der Waals surface area (Å²) in [5, 5.41) is 0. The third-order valence-corrected chi connectivity index (χ3v) is 7.26. The molecule has 136 valence electrons. The SMILES string of the molecule is O=S(=O)(c1cccc2nsnc12)N1CCCCC[C@@H]1c1cccc(F)c1. The van der Waals surface area contributed by atoms with E-state index in [0.717, 1.165) is 31.0 Å². The van der Waals surface area contributed by atoms with Gasteiger partial charge in [-0.1, -0.05) is 31.0 Å². The summed E-state index contributed by atoms with van der Waals surface area (Å²) in [4.78, 5) is 0.173. The molecule has 2 aromatic carbocycles. The Bertz CT molecular complexity index is 1040. The zero-order valence-electron chi connectivity index (χ0n) is 14.0. The first-order valence-electron chi connectivity index (χ1n) is 8.56. The summed E-state index contributed by atoms with van der Waals surface area (Å²) in [6, 6.07) is 10.9. The molecule has 4 rings (SSSR count). The van der Waals surface area contributed by atoms with Crippen molar-refractivity contribution in [2.24, 2.45) is 0 Å². The lowest BCUT2D eigenvalue weighted by Crippen LogP contribution is -2.35. The molecule has 0 unspecified atom stereocenters. The summed E-state index contributed by atoms with van der Waals surface area (Å²) in [7, 11) is -3.78. The molecule has 1 aliphatic rings. The van der Waals surface area contributed by atoms with Crippen LogP contribution in [0, 0.1) is 5.82 Å². The highest BCUT2D eigenvalue weighted by atomic mass is 32.2. The molecule has 1 fully saturated rings. The Morgan fingerprint density at radius 3 is 2.77 bits per heavy atom. The molecule has 0 N–H and O–H groups in total. The Morgan fingerprint density at radius 1 is 1.08 bits per heavy atom. The van der Waals surface area contributed by atoms with E-state index in [1.807, 2.05) is 0 Å². The molecule has 1 aliphatic heterocycles. The first kappa shape index (κ1) is 17.5. The Morgan fingerprint density at radius 2 is 1.92 bits per heavy atom. The van der Waals surface area contributed by atoms with Crippen molar-refractivity contribution in [3.05, 3.63) is 53.8 Å². The maximum Gasteiger partial charge on any atom is 0.245 e. The lowest BCUT2D eigenvalue weighted by molar-refractivity contribution is 0.328. The first-order valence-corrected chi connectivity index (χ1v) is 10.7. The molecule has 0 radical (unpaired) electrons. The van der Waals surface area contributed by atoms with E-state index in [-0.39, 0.29) is 16.8 Å². The fraction of sp³-hybridized carbons (Fsp3) is 0.333. The third-order valence-electron chi connectivity index (χ3n) is 4.77. The van der Waals surface area contributed by atoms with Crippen molar-refractivity contribution in [1.82, 2.24) is 13.1 Å². The second kappa shape index (κ2) is 7.02. The summed E-state index contributed by atoms with van der Waals surface area (Å²) in [6.45, 7) is 0.414. The minimum Gasteiger partial charge on any atom is -0.207 e. The van der Waals surface area contributed by atoms with E-state index in [0.29, 0.717) is 29.6 Å². The molecule has 5 nitrogen and oxygen atoms in total. The highest BCUT2D eigenvalue weighted by molar-refractivity contribution is 7.89. The van der Waals surface area contributed by atoms with Crippen LogP contribution in [0.1, 0.15) is 37.3 Å². The second-order valence-electron chi connectivity index (χ2n) is 6.42. The largest absolute Gasteiger partial charge is 0.245 e. The quantitative estimate of drug-likeness (QED) is 0.673. The predicted molar refractivity (Wildman–Crippen MR) is 98.9 cm³/mol. The Labute approximate surface area is 155 Å². The molecule has 0 saturated carbocycles. The van der Waals surface area contributed by atoms with Crippen molar-refractivity contribution in [1.29, 1.82) is 0 Å². The third kappa shape index (κ3) is 3.13. The van der Waals surface area contributed by atoms with Crippen LogP contribution >= 0.6 is 11.7 Å². The molecule has 1 atom stereocenters. The standard InChI is InChI=1S/C18H18FN3O2S2/c19-14-7-4-6-13(12-14)16-9-2-1-3-11-22(16)26(23,24)17-10-5-8-15-18(17)21-25-20-15/h4-8,10,12,16H,1-3,9,11H2/t16-/m1/s1. The molecule has 1 aromatic heterocycles. The number of halogens is 1. The molecule has 0 bridgehead atoms. The van der Waals surface area contributed by atoms with Gasteiger partial charge < -0.3 is 0 Å². The molecule has 1 saturated heterocycles. The number of hydrogen-bond donors (Lipinski definition) is 0. The molecular weight excluding hydrogens is 373 g/mol. The van der Waals surface area contributed by atoms with E-state index in [4.69, 9.17) is 0 Å². The van der Waals surface area contributed by atoms with Crippen LogP contribution in [0.3, 0.4) is 0 Å². The van der Waals surface area contributed by atoms with Crippen molar-refractivity contribution in [3.8, 4) is 0 Å². The van der Waals surface area contributed by atoms with Crippen LogP contribution in [0.25, 0.3) is 11.0 Å². The molecule has 0 aliphatic carbocycles. The van der Waals surface area contributed by atoms with Crippen LogP contribution in [0.15, 0.2) is 47.4 Å². The van der Waals surface area contributed by atoms with E-state index < -0.39 is 10.0 Å². The minimum atomic E-state index is -3.78. The molecule has 3 aromatic rings. The van der Waals surface area contributed by atoms with Crippen LogP contribution in [0.2, 0.25) is 0 Å². The molecule has 8 heteroatoms. The highest BCUT2D eigenvalue weighted by Gasteiger charge is 2.35. The lowest BCUT2D eigenvalue weighted by Gasteiger charge is -2.29. The maximum atomic E-state index is 13.8. The Hall–Kier alpha value is -1.90. The number of fused-ring (bicyclic) bond motifs is 1. The van der Waals surface area contributed by atoms with Crippen LogP contribution < -0.4 is 0 Å². The van der Waals surface area contributed by atoms with Gasteiger partial charge in [-0.2, -0.15) is 13.1 Å². The molecule has 2 heterocycles. The number of benzene rings is 2. The molecule has 0 spiro atoms. The fourth-order valence-corrected chi connectivity index (χ4v) is 5.97. The van der Waals surface area contributed by atoms with Gasteiger partial charge in [0.25, 0.3) is 0 Å². The van der Waals surface area contributed by atoms with Crippen molar-refractivity contribution in [3.63, 3.8) is 0 Å². The zero-order chi connectivity index (χ0) is 18.1. The topological polar surface area (TPSA) is 63.2 Å². The van der Waals surface area contributed by atoms with Gasteiger partial charge in [0.2, 0.25) is 10.0 Å². The number of rotatable bonds is 3. The van der Waals surface area contributed by atoms with Gasteiger partial charge >= 0.3 is 0 Å². The average Bonchev–Trinajstić information content (AvgIpc) is 2.96. The summed E-state index contributed by atoms with van der Waals surface area (Å²) in [5.74, 6) is -0.352. The van der Waals surface area contributed by atoms with Gasteiger partial charge in [-0.3, -0.25) is 0 Å². The van der Waals surface area contributed by atoms with Gasteiger partial charge in [-0.05, 0) is 42.7 Å². The summed E-state index contributed by atoms with van der Waals surface area (Å²) in [5.41, 5.74) is 1.67. The smallest absolute Gasteiger partial charge is 0.207 e. The van der Waals surface area contributed by atoms with Gasteiger partial charge in [-0.15, -0.1) is 0 Å². The van der Waals surface area contributed by atoms with E-state index in [1.54, 1.807) is 30.3 Å². The minimum absolute atomic E-state index is 0.173. The highest BCUT2D eigenvalue weighted by Crippen LogP contribution is 2.36. The normalized spacial score (nSPS) is 19.5. The van der Waals surface area contributed by atoms with Crippen LogP contribution in [-0.4, -0.2) is 28.0 Å². The van der Waals surface area contributed by atoms with Gasteiger partial charge in [0.05, 0.1) is 17.8 Å². The Balaban J connectivity index is 1.83. The fourth-order valence-electron chi connectivity index (χ4n) is 3.53. The summed E-state index contributed by atoms with van der Waals surface area (Å²) >= 11 is 1.00. The van der Waals surface area contributed by atoms with Crippen LogP contribution in [0.5, 0.6) is 0 Å². The summed E-state index contributed by atoms with van der Waals surface area (Å²) < 4.78 is 50.6. The second-order valence-corrected chi connectivity index (χ2v) is 8.81. The Kier molecular flexibility index (Phi) is 4.73. The maximum absolute atomic E-state index is 13.8. The number of hydrogen-bond acceptors (Lipinski definition) is 5. The van der Waals surface area contributed by atoms with E-state index in [1.165, 1.54) is 16.4 Å². The predicted octanol–water partition coefficient (Wildman–Crippen LogP) is 4.14. The van der Waals surface area contributed by atoms with Crippen LogP contribution in [0.4, 0.5) is 4.39 Å². The van der Waals surface area contributed by atoms with Gasteiger partial charge in [0.1, 0.15) is 21.7 Å². The van der Waals surface area contributed by atoms with Crippen molar-refractivity contribution < 1.29 is 12.8 Å². The summed E-state index contributed by atoms with van der Waals surface area (Å²) in [6.07, 6.45) is 3.33. The van der Waals surface area contributed by atoms with E-state index >= 15 is 0 Å². The number of nitrogens with zero attached hydrogens (tertiary/aromatic N) is 3. The lowest BCUT2D eigenvalue weighted by atomic mass is 10.0. The molecular formula is C18H18FN3O2S2. The van der Waals surface area contributed by atoms with Crippen molar-refractivity contribution in [2.75, 3.05) is 6.54 Å². The molecule has 26 heavy (non-hydrogen) atoms. The van der Waals surface area contributed by atoms with Crippen LogP contribution in [-0.2, 0) is 10.0 Å². The number of aromatic nitrogens is 2. The van der Waals surface area contributed by atoms with Gasteiger partial charge in [-0.25, -0.2) is 12.8 Å². The zero-order valence-corrected chi connectivity index (χ0v) is 15.6.